The zero-order valence-electron chi connectivity index (χ0n) is 16.7. The van der Waals surface area contributed by atoms with Crippen molar-refractivity contribution in [1.29, 1.82) is 0 Å². The van der Waals surface area contributed by atoms with Gasteiger partial charge in [0, 0.05) is 17.3 Å². The highest BCUT2D eigenvalue weighted by atomic mass is 32.2. The van der Waals surface area contributed by atoms with E-state index in [2.05, 4.69) is 22.7 Å². The summed E-state index contributed by atoms with van der Waals surface area (Å²) in [4.78, 5) is 4.70. The van der Waals surface area contributed by atoms with Gasteiger partial charge in [-0.1, -0.05) is 6.07 Å². The van der Waals surface area contributed by atoms with Crippen LogP contribution in [0.25, 0.3) is 20.8 Å². The number of sulfonamides is 1. The Morgan fingerprint density at radius 1 is 0.933 bits per heavy atom. The molecule has 154 valence electrons. The predicted octanol–water partition coefficient (Wildman–Crippen LogP) is 5.09. The normalized spacial score (nSPS) is 11.4. The van der Waals surface area contributed by atoms with Gasteiger partial charge in [0.25, 0.3) is 10.0 Å². The zero-order valence-corrected chi connectivity index (χ0v) is 18.3. The number of hydrogen-bond donors (Lipinski definition) is 1. The third-order valence-electron chi connectivity index (χ3n) is 4.59. The molecule has 0 bridgehead atoms. The smallest absolute Gasteiger partial charge is 0.265 e. The lowest BCUT2D eigenvalue weighted by atomic mass is 10.2. The number of nitrogens with one attached hydrogen (secondary N) is 1. The summed E-state index contributed by atoms with van der Waals surface area (Å²) in [7, 11) is -0.899. The summed E-state index contributed by atoms with van der Waals surface area (Å²) >= 11 is 1.61. The van der Waals surface area contributed by atoms with Crippen LogP contribution in [0.5, 0.6) is 11.5 Å². The van der Waals surface area contributed by atoms with E-state index in [0.29, 0.717) is 11.4 Å². The van der Waals surface area contributed by atoms with Crippen molar-refractivity contribution in [2.24, 2.45) is 0 Å². The summed E-state index contributed by atoms with van der Waals surface area (Å²) in [5.41, 5.74) is 3.53. The monoisotopic (exact) mass is 440 g/mol. The molecule has 4 aromatic rings. The van der Waals surface area contributed by atoms with Crippen LogP contribution >= 0.6 is 11.3 Å². The zero-order chi connectivity index (χ0) is 21.3. The molecule has 3 aromatic carbocycles. The molecule has 0 radical (unpaired) electrons. The van der Waals surface area contributed by atoms with E-state index in [1.165, 1.54) is 31.9 Å². The number of aryl methyl sites for hydroxylation is 1. The highest BCUT2D eigenvalue weighted by Crippen LogP contribution is 2.33. The summed E-state index contributed by atoms with van der Waals surface area (Å²) in [5, 5.41) is 0.891. The van der Waals surface area contributed by atoms with Crippen LogP contribution in [0.2, 0.25) is 0 Å². The molecule has 0 atom stereocenters. The molecule has 0 spiro atoms. The Kier molecular flexibility index (Phi) is 5.36. The number of rotatable bonds is 6. The highest BCUT2D eigenvalue weighted by Gasteiger charge is 2.20. The van der Waals surface area contributed by atoms with Crippen LogP contribution in [0, 0.1) is 6.92 Å². The number of benzene rings is 3. The van der Waals surface area contributed by atoms with Crippen LogP contribution in [-0.4, -0.2) is 27.6 Å². The Morgan fingerprint density at radius 2 is 1.70 bits per heavy atom. The van der Waals surface area contributed by atoms with E-state index >= 15 is 0 Å². The Balaban J connectivity index is 1.59. The molecule has 4 rings (SSSR count). The lowest BCUT2D eigenvalue weighted by Gasteiger charge is -2.13. The number of fused-ring (bicyclic) bond motifs is 1. The predicted molar refractivity (Wildman–Crippen MR) is 120 cm³/mol. The van der Waals surface area contributed by atoms with E-state index in [1.807, 2.05) is 24.3 Å². The molecule has 0 unspecified atom stereocenters. The van der Waals surface area contributed by atoms with Gasteiger partial charge in [-0.2, -0.15) is 0 Å². The third kappa shape index (κ3) is 3.96. The summed E-state index contributed by atoms with van der Waals surface area (Å²) in [6.45, 7) is 2.05. The molecule has 30 heavy (non-hydrogen) atoms. The molecule has 0 aliphatic heterocycles. The minimum atomic E-state index is -3.83. The summed E-state index contributed by atoms with van der Waals surface area (Å²) < 4.78 is 39.8. The second-order valence-corrected chi connectivity index (χ2v) is 9.37. The number of anilines is 1. The average molecular weight is 441 g/mol. The highest BCUT2D eigenvalue weighted by molar-refractivity contribution is 7.92. The van der Waals surface area contributed by atoms with Crippen LogP contribution in [0.1, 0.15) is 5.56 Å². The van der Waals surface area contributed by atoms with Crippen LogP contribution in [-0.2, 0) is 10.0 Å². The maximum atomic E-state index is 12.8. The maximum absolute atomic E-state index is 12.8. The Labute approximate surface area is 179 Å². The lowest BCUT2D eigenvalue weighted by Crippen LogP contribution is -2.14. The van der Waals surface area contributed by atoms with Crippen LogP contribution in [0.3, 0.4) is 0 Å². The van der Waals surface area contributed by atoms with Crippen LogP contribution in [0.4, 0.5) is 5.69 Å². The van der Waals surface area contributed by atoms with Crippen LogP contribution in [0.15, 0.2) is 65.6 Å². The van der Waals surface area contributed by atoms with E-state index in [0.717, 1.165) is 20.8 Å². The van der Waals surface area contributed by atoms with Gasteiger partial charge in [-0.3, -0.25) is 4.72 Å². The van der Waals surface area contributed by atoms with Gasteiger partial charge in [0.1, 0.15) is 21.4 Å². The lowest BCUT2D eigenvalue weighted by molar-refractivity contribution is 0.386. The van der Waals surface area contributed by atoms with Crippen molar-refractivity contribution in [2.45, 2.75) is 11.8 Å². The standard InChI is InChI=1S/C22H20N2O4S2/c1-14-4-10-18-20(12-14)29-22(23-18)15-5-7-16(8-6-15)24-30(25,26)21-11-9-17(27-2)13-19(21)28-3/h4-13,24H,1-3H3. The van der Waals surface area contributed by atoms with E-state index < -0.39 is 10.0 Å². The van der Waals surface area contributed by atoms with Gasteiger partial charge < -0.3 is 9.47 Å². The fourth-order valence-corrected chi connectivity index (χ4v) is 5.32. The molecule has 0 amide bonds. The van der Waals surface area contributed by atoms with Gasteiger partial charge in [-0.05, 0) is 61.0 Å². The summed E-state index contributed by atoms with van der Waals surface area (Å²) in [6, 6.07) is 17.9. The second kappa shape index (κ2) is 7.97. The number of ether oxygens (including phenoxy) is 2. The molecule has 0 fully saturated rings. The minimum Gasteiger partial charge on any atom is -0.497 e. The molecule has 0 aliphatic rings. The Hall–Kier alpha value is -3.10. The van der Waals surface area contributed by atoms with Gasteiger partial charge in [-0.25, -0.2) is 13.4 Å². The van der Waals surface area contributed by atoms with Crippen molar-refractivity contribution < 1.29 is 17.9 Å². The van der Waals surface area contributed by atoms with Crippen molar-refractivity contribution in [2.75, 3.05) is 18.9 Å². The summed E-state index contributed by atoms with van der Waals surface area (Å²) in [5.74, 6) is 0.726. The van der Waals surface area contributed by atoms with Crippen molar-refractivity contribution in [3.63, 3.8) is 0 Å². The van der Waals surface area contributed by atoms with Crippen molar-refractivity contribution in [3.05, 3.63) is 66.2 Å². The molecule has 1 aromatic heterocycles. The SMILES string of the molecule is COc1ccc(S(=O)(=O)Nc2ccc(-c3nc4ccc(C)cc4s3)cc2)c(OC)c1. The maximum Gasteiger partial charge on any atom is 0.265 e. The van der Waals surface area contributed by atoms with Gasteiger partial charge in [-0.15, -0.1) is 11.3 Å². The molecule has 1 heterocycles. The first-order valence-corrected chi connectivity index (χ1v) is 11.4. The molecule has 0 saturated carbocycles. The van der Waals surface area contributed by atoms with Gasteiger partial charge >= 0.3 is 0 Å². The fourth-order valence-electron chi connectivity index (χ4n) is 3.04. The Bertz CT molecular complexity index is 1310. The minimum absolute atomic E-state index is 0.0384. The Morgan fingerprint density at radius 3 is 2.40 bits per heavy atom. The van der Waals surface area contributed by atoms with E-state index in [1.54, 1.807) is 29.5 Å². The first-order chi connectivity index (χ1) is 14.4. The van der Waals surface area contributed by atoms with E-state index in [9.17, 15) is 8.42 Å². The first kappa shape index (κ1) is 20.2. The van der Waals surface area contributed by atoms with E-state index in [4.69, 9.17) is 9.47 Å². The number of methoxy groups -OCH3 is 2. The van der Waals surface area contributed by atoms with E-state index in [-0.39, 0.29) is 10.6 Å². The molecule has 0 aliphatic carbocycles. The average Bonchev–Trinajstić information content (AvgIpc) is 3.16. The first-order valence-electron chi connectivity index (χ1n) is 9.12. The number of aromatic nitrogens is 1. The quantitative estimate of drug-likeness (QED) is 0.452. The molecule has 0 saturated heterocycles. The molecular formula is C22H20N2O4S2. The van der Waals surface area contributed by atoms with Gasteiger partial charge in [0.15, 0.2) is 0 Å². The summed E-state index contributed by atoms with van der Waals surface area (Å²) in [6.07, 6.45) is 0. The molecular weight excluding hydrogens is 420 g/mol. The number of thiazole rings is 1. The third-order valence-corrected chi connectivity index (χ3v) is 7.08. The number of hydrogen-bond acceptors (Lipinski definition) is 6. The number of nitrogens with zero attached hydrogens (tertiary/aromatic N) is 1. The molecule has 1 N–H and O–H groups in total. The largest absolute Gasteiger partial charge is 0.497 e. The molecule has 6 nitrogen and oxygen atoms in total. The van der Waals surface area contributed by atoms with Crippen molar-refractivity contribution in [3.8, 4) is 22.1 Å². The van der Waals surface area contributed by atoms with Crippen molar-refractivity contribution in [1.82, 2.24) is 4.98 Å². The fraction of sp³-hybridized carbons (Fsp3) is 0.136. The van der Waals surface area contributed by atoms with Gasteiger partial charge in [0.05, 0.1) is 24.4 Å². The second-order valence-electron chi connectivity index (χ2n) is 6.69. The van der Waals surface area contributed by atoms with Crippen LogP contribution < -0.4 is 14.2 Å². The van der Waals surface area contributed by atoms with Gasteiger partial charge in [0.2, 0.25) is 0 Å². The topological polar surface area (TPSA) is 77.5 Å². The molecule has 8 heteroatoms. The van der Waals surface area contributed by atoms with Crippen molar-refractivity contribution >= 4 is 37.3 Å².